The molecule has 0 aromatic rings. The smallest absolute Gasteiger partial charge is 0.314 e. The van der Waals surface area contributed by atoms with Gasteiger partial charge in [0.2, 0.25) is 6.29 Å². The van der Waals surface area contributed by atoms with Gasteiger partial charge in [-0.2, -0.15) is 0 Å². The molecule has 1 spiro atoms. The fraction of sp³-hybridized carbons (Fsp3) is 0.947. The number of aliphatic hydroxyl groups excluding tert-OH is 9. The number of aliphatic hydroxyl groups is 9. The number of hydrogen-bond acceptors (Lipinski definition) is 17. The van der Waals surface area contributed by atoms with Crippen LogP contribution < -0.4 is 0 Å². The second-order valence-corrected chi connectivity index (χ2v) is 18.3. The van der Waals surface area contributed by atoms with E-state index in [1.807, 2.05) is 6.92 Å². The van der Waals surface area contributed by atoms with E-state index in [2.05, 4.69) is 13.8 Å². The third-order valence-electron chi connectivity index (χ3n) is 15.0. The van der Waals surface area contributed by atoms with Crippen molar-refractivity contribution in [3.63, 3.8) is 0 Å². The van der Waals surface area contributed by atoms with Crippen LogP contribution in [-0.2, 0) is 38.0 Å². The molecule has 19 unspecified atom stereocenters. The molecule has 3 saturated heterocycles. The summed E-state index contributed by atoms with van der Waals surface area (Å²) in [6, 6.07) is 0. The first-order chi connectivity index (χ1) is 25.9. The lowest BCUT2D eigenvalue weighted by Gasteiger charge is -2.64. The summed E-state index contributed by atoms with van der Waals surface area (Å²) >= 11 is 0. The highest BCUT2D eigenvalue weighted by Crippen LogP contribution is 2.73. The van der Waals surface area contributed by atoms with Crippen LogP contribution in [0.15, 0.2) is 0 Å². The highest BCUT2D eigenvalue weighted by molar-refractivity contribution is 5.88. The maximum absolute atomic E-state index is 14.8. The molecule has 7 aliphatic rings. The molecule has 17 nitrogen and oxygen atoms in total. The first kappa shape index (κ1) is 41.7. The van der Waals surface area contributed by atoms with Gasteiger partial charge < -0.3 is 74.4 Å². The van der Waals surface area contributed by atoms with Crippen molar-refractivity contribution < 1.29 is 84.0 Å². The molecule has 7 fully saturated rings. The maximum Gasteiger partial charge on any atom is 0.314 e. The Hall–Kier alpha value is -1.42. The van der Waals surface area contributed by atoms with Crippen molar-refractivity contribution in [2.45, 2.75) is 171 Å². The van der Waals surface area contributed by atoms with E-state index in [4.69, 9.17) is 28.4 Å². The Kier molecular flexibility index (Phi) is 11.6. The molecule has 17 heteroatoms. The Labute approximate surface area is 319 Å². The zero-order chi connectivity index (χ0) is 39.8. The maximum atomic E-state index is 14.8. The molecule has 20 atom stereocenters. The fourth-order valence-electron chi connectivity index (χ4n) is 12.1. The summed E-state index contributed by atoms with van der Waals surface area (Å²) in [5, 5.41) is 94.1. The van der Waals surface area contributed by atoms with Gasteiger partial charge in [0.1, 0.15) is 60.7 Å². The van der Waals surface area contributed by atoms with Gasteiger partial charge >= 0.3 is 5.97 Å². The second-order valence-electron chi connectivity index (χ2n) is 18.3. The molecule has 9 N–H and O–H groups in total. The van der Waals surface area contributed by atoms with Crippen LogP contribution in [0.5, 0.6) is 0 Å². The monoisotopic (exact) mass is 788 g/mol. The fourth-order valence-corrected chi connectivity index (χ4v) is 12.1. The number of carbonyl (C=O) groups excluding carboxylic acids is 2. The zero-order valence-electron chi connectivity index (χ0n) is 31.7. The molecule has 55 heavy (non-hydrogen) atoms. The Morgan fingerprint density at radius 3 is 2.04 bits per heavy atom. The molecule has 0 aromatic carbocycles. The number of hydrogen-bond donors (Lipinski definition) is 9. The van der Waals surface area contributed by atoms with Gasteiger partial charge in [0.15, 0.2) is 18.7 Å². The molecular weight excluding hydrogens is 728 g/mol. The Morgan fingerprint density at radius 1 is 0.709 bits per heavy atom. The molecule has 0 amide bonds. The highest BCUT2D eigenvalue weighted by Gasteiger charge is 2.68. The minimum absolute atomic E-state index is 0.0940. The van der Waals surface area contributed by atoms with Crippen molar-refractivity contribution in [3.8, 4) is 0 Å². The Bertz CT molecular complexity index is 1420. The van der Waals surface area contributed by atoms with E-state index in [1.54, 1.807) is 0 Å². The van der Waals surface area contributed by atoms with Crippen molar-refractivity contribution >= 4 is 11.8 Å². The van der Waals surface area contributed by atoms with E-state index in [9.17, 15) is 55.5 Å². The van der Waals surface area contributed by atoms with Crippen molar-refractivity contribution in [1.82, 2.24) is 0 Å². The molecule has 2 bridgehead atoms. The minimum Gasteiger partial charge on any atom is -0.432 e. The van der Waals surface area contributed by atoms with Crippen molar-refractivity contribution in [2.75, 3.05) is 19.8 Å². The van der Waals surface area contributed by atoms with Gasteiger partial charge in [-0.25, -0.2) is 0 Å². The zero-order valence-corrected chi connectivity index (χ0v) is 31.7. The summed E-state index contributed by atoms with van der Waals surface area (Å²) in [5.41, 5.74) is -1.68. The third-order valence-corrected chi connectivity index (χ3v) is 15.0. The van der Waals surface area contributed by atoms with E-state index in [0.29, 0.717) is 25.0 Å². The molecule has 0 radical (unpaired) electrons. The van der Waals surface area contributed by atoms with Crippen LogP contribution in [-0.4, -0.2) is 164 Å². The Morgan fingerprint density at radius 2 is 1.35 bits per heavy atom. The average Bonchev–Trinajstić information content (AvgIpc) is 3.33. The summed E-state index contributed by atoms with van der Waals surface area (Å²) in [7, 11) is 0. The van der Waals surface area contributed by atoms with E-state index >= 15 is 0 Å². The summed E-state index contributed by atoms with van der Waals surface area (Å²) < 4.78 is 35.7. The normalized spacial score (nSPS) is 54.0. The van der Waals surface area contributed by atoms with Gasteiger partial charge in [-0.3, -0.25) is 9.59 Å². The van der Waals surface area contributed by atoms with E-state index in [1.165, 1.54) is 0 Å². The summed E-state index contributed by atoms with van der Waals surface area (Å²) in [6.07, 6.45) is -15.8. The molecule has 3 heterocycles. The van der Waals surface area contributed by atoms with Gasteiger partial charge in [-0.1, -0.05) is 20.3 Å². The molecule has 7 rings (SSSR count). The van der Waals surface area contributed by atoms with Crippen LogP contribution >= 0.6 is 0 Å². The second kappa shape index (κ2) is 15.3. The number of Topliss-reactive ketones (excluding diaryl/α,β-unsaturated/α-hetero) is 1. The minimum atomic E-state index is -1.91. The van der Waals surface area contributed by atoms with Crippen molar-refractivity contribution in [3.05, 3.63) is 0 Å². The average molecular weight is 789 g/mol. The molecule has 0 aromatic heterocycles. The van der Waals surface area contributed by atoms with Crippen LogP contribution in [0.4, 0.5) is 0 Å². The number of ketones is 1. The first-order valence-electron chi connectivity index (χ1n) is 19.9. The van der Waals surface area contributed by atoms with Crippen molar-refractivity contribution in [2.24, 2.45) is 33.5 Å². The number of rotatable bonds is 9. The lowest BCUT2D eigenvalue weighted by atomic mass is 9.40. The van der Waals surface area contributed by atoms with Crippen LogP contribution in [0.1, 0.15) is 85.0 Å². The topological polar surface area (TPSA) is 272 Å². The molecular formula is C38H60O17. The van der Waals surface area contributed by atoms with E-state index < -0.39 is 117 Å². The largest absolute Gasteiger partial charge is 0.432 e. The van der Waals surface area contributed by atoms with Gasteiger partial charge in [0.05, 0.1) is 31.3 Å². The number of carbonyl (C=O) groups is 2. The van der Waals surface area contributed by atoms with Gasteiger partial charge in [0, 0.05) is 18.3 Å². The van der Waals surface area contributed by atoms with Gasteiger partial charge in [-0.15, -0.1) is 0 Å². The van der Waals surface area contributed by atoms with Crippen molar-refractivity contribution in [1.29, 1.82) is 0 Å². The molecule has 3 aliphatic heterocycles. The van der Waals surface area contributed by atoms with E-state index in [-0.39, 0.29) is 34.5 Å². The third kappa shape index (κ3) is 6.90. The summed E-state index contributed by atoms with van der Waals surface area (Å²) in [5.74, 6) is -0.161. The number of esters is 1. The highest BCUT2D eigenvalue weighted by atomic mass is 16.8. The summed E-state index contributed by atoms with van der Waals surface area (Å²) in [6.45, 7) is 3.99. The van der Waals surface area contributed by atoms with Crippen LogP contribution in [0.3, 0.4) is 0 Å². The van der Waals surface area contributed by atoms with Gasteiger partial charge in [0.25, 0.3) is 0 Å². The van der Waals surface area contributed by atoms with Crippen LogP contribution in [0, 0.1) is 33.5 Å². The SMILES string of the molecule is CC12CCC3C(CCC4C(C)(C(=O)OC5OC(CO)C(O)C(OC6CC(O)C(O)C(CO)O6)C5OC5OC(CO)C(O)C(O)[C@H]5O)CCCC34C)(CC1=O)C2. The predicted octanol–water partition coefficient (Wildman–Crippen LogP) is -1.62. The first-order valence-corrected chi connectivity index (χ1v) is 19.9. The quantitative estimate of drug-likeness (QED) is 0.119. The van der Waals surface area contributed by atoms with Gasteiger partial charge in [-0.05, 0) is 74.5 Å². The lowest BCUT2D eigenvalue weighted by Crippen LogP contribution is -2.66. The molecule has 4 saturated carbocycles. The standard InChI is InChI=1S/C38H60O17/c1-35-9-5-22-36(2)7-4-8-37(3,21(36)6-10-38(22,16-35)12-23(35)43)34(49)55-33-31(54-32-29(48)28(47)26(45)19(14-40)51-32)30(27(46)20(15-41)52-33)53-24-11-17(42)25(44)18(13-39)50-24/h17-22,24-33,39-42,44-48H,4-16H2,1-3H3/t17?,18?,19?,20?,21?,22?,24?,25?,26?,27?,28?,29-,30?,31?,32?,33?,35?,36?,37?,38?/m1/s1. The van der Waals surface area contributed by atoms with Crippen LogP contribution in [0.2, 0.25) is 0 Å². The number of fused-ring (bicyclic) bond motifs is 3. The molecule has 4 aliphatic carbocycles. The lowest BCUT2D eigenvalue weighted by molar-refractivity contribution is -0.381. The van der Waals surface area contributed by atoms with Crippen LogP contribution in [0.25, 0.3) is 0 Å². The predicted molar refractivity (Wildman–Crippen MR) is 184 cm³/mol. The van der Waals surface area contributed by atoms with E-state index in [0.717, 1.165) is 38.5 Å². The number of ether oxygens (including phenoxy) is 6. The Balaban J connectivity index is 1.18. The summed E-state index contributed by atoms with van der Waals surface area (Å²) in [4.78, 5) is 28.0. The molecule has 314 valence electrons.